The van der Waals surface area contributed by atoms with Gasteiger partial charge >= 0.3 is 5.69 Å². The smallest absolute Gasteiger partial charge is 0.302 e. The zero-order valence-corrected chi connectivity index (χ0v) is 11.8. The van der Waals surface area contributed by atoms with Crippen molar-refractivity contribution >= 4 is 11.8 Å². The fraction of sp³-hybridized carbons (Fsp3) is 0.727. The lowest BCUT2D eigenvalue weighted by Crippen LogP contribution is -2.40. The number of hydrogen-bond acceptors (Lipinski definition) is 5. The summed E-state index contributed by atoms with van der Waals surface area (Å²) in [7, 11) is 3.50. The Morgan fingerprint density at radius 1 is 1.67 bits per heavy atom. The van der Waals surface area contributed by atoms with Crippen LogP contribution in [-0.4, -0.2) is 33.1 Å². The maximum absolute atomic E-state index is 11.1. The van der Waals surface area contributed by atoms with Crippen LogP contribution in [0.5, 0.6) is 0 Å². The molecule has 0 amide bonds. The standard InChI is InChI=1S/C11H19N5OS/c1-4-11(8-12,13-2)6-5-7-18-10-15-14-9(17)16(10)3/h13H,4-7H2,1-3H3,(H,14,17). The molecular weight excluding hydrogens is 250 g/mol. The summed E-state index contributed by atoms with van der Waals surface area (Å²) in [5.74, 6) is 0.837. The summed E-state index contributed by atoms with van der Waals surface area (Å²) in [6, 6.07) is 2.33. The van der Waals surface area contributed by atoms with Crippen LogP contribution in [0, 0.1) is 11.3 Å². The number of nitrogens with one attached hydrogen (secondary N) is 2. The zero-order chi connectivity index (χ0) is 13.6. The fourth-order valence-electron chi connectivity index (χ4n) is 1.67. The van der Waals surface area contributed by atoms with E-state index >= 15 is 0 Å². The van der Waals surface area contributed by atoms with Crippen LogP contribution in [0.3, 0.4) is 0 Å². The summed E-state index contributed by atoms with van der Waals surface area (Å²) in [6.07, 6.45) is 2.47. The second-order valence-corrected chi connectivity index (χ2v) is 5.18. The molecule has 1 aromatic rings. The largest absolute Gasteiger partial charge is 0.343 e. The van der Waals surface area contributed by atoms with E-state index in [-0.39, 0.29) is 5.69 Å². The van der Waals surface area contributed by atoms with Crippen molar-refractivity contribution in [2.75, 3.05) is 12.8 Å². The molecule has 0 radical (unpaired) electrons. The first-order valence-electron chi connectivity index (χ1n) is 5.93. The van der Waals surface area contributed by atoms with Crippen molar-refractivity contribution in [2.24, 2.45) is 7.05 Å². The van der Waals surface area contributed by atoms with Gasteiger partial charge in [-0.3, -0.25) is 4.57 Å². The van der Waals surface area contributed by atoms with Crippen molar-refractivity contribution in [2.45, 2.75) is 36.9 Å². The molecule has 0 bridgehead atoms. The summed E-state index contributed by atoms with van der Waals surface area (Å²) in [6.45, 7) is 2.00. The summed E-state index contributed by atoms with van der Waals surface area (Å²) < 4.78 is 1.49. The van der Waals surface area contributed by atoms with Crippen LogP contribution in [0.2, 0.25) is 0 Å². The van der Waals surface area contributed by atoms with Gasteiger partial charge in [0.2, 0.25) is 0 Å². The summed E-state index contributed by atoms with van der Waals surface area (Å²) in [4.78, 5) is 11.1. The highest BCUT2D eigenvalue weighted by molar-refractivity contribution is 7.99. The molecule has 1 heterocycles. The molecule has 6 nitrogen and oxygen atoms in total. The minimum Gasteiger partial charge on any atom is -0.302 e. The SMILES string of the molecule is CCC(C#N)(CCCSc1n[nH]c(=O)n1C)NC. The average Bonchev–Trinajstić information content (AvgIpc) is 2.71. The van der Waals surface area contributed by atoms with Crippen molar-refractivity contribution < 1.29 is 0 Å². The van der Waals surface area contributed by atoms with Gasteiger partial charge in [0.05, 0.1) is 6.07 Å². The van der Waals surface area contributed by atoms with Crippen LogP contribution in [0.4, 0.5) is 0 Å². The van der Waals surface area contributed by atoms with E-state index in [1.807, 2.05) is 14.0 Å². The van der Waals surface area contributed by atoms with Gasteiger partial charge in [0.1, 0.15) is 5.54 Å². The fourth-order valence-corrected chi connectivity index (χ4v) is 2.53. The lowest BCUT2D eigenvalue weighted by atomic mass is 9.93. The van der Waals surface area contributed by atoms with Crippen molar-refractivity contribution in [3.05, 3.63) is 10.5 Å². The van der Waals surface area contributed by atoms with Gasteiger partial charge in [-0.2, -0.15) is 5.26 Å². The van der Waals surface area contributed by atoms with Crippen molar-refractivity contribution in [1.29, 1.82) is 5.26 Å². The third kappa shape index (κ3) is 3.37. The van der Waals surface area contributed by atoms with Crippen LogP contribution in [0.1, 0.15) is 26.2 Å². The Morgan fingerprint density at radius 2 is 2.39 bits per heavy atom. The van der Waals surface area contributed by atoms with Crippen molar-refractivity contribution in [1.82, 2.24) is 20.1 Å². The van der Waals surface area contributed by atoms with Gasteiger partial charge in [0, 0.05) is 12.8 Å². The van der Waals surface area contributed by atoms with Crippen LogP contribution in [-0.2, 0) is 7.05 Å². The minimum absolute atomic E-state index is 0.201. The molecule has 0 saturated carbocycles. The van der Waals surface area contributed by atoms with E-state index in [4.69, 9.17) is 5.26 Å². The van der Waals surface area contributed by atoms with E-state index in [1.165, 1.54) is 16.3 Å². The number of rotatable bonds is 7. The van der Waals surface area contributed by atoms with Gasteiger partial charge in [-0.1, -0.05) is 18.7 Å². The summed E-state index contributed by atoms with van der Waals surface area (Å²) in [5.41, 5.74) is -0.634. The third-order valence-corrected chi connectivity index (χ3v) is 4.23. The molecular formula is C11H19N5OS. The molecule has 0 aliphatic rings. The van der Waals surface area contributed by atoms with E-state index in [1.54, 1.807) is 7.05 Å². The highest BCUT2D eigenvalue weighted by Gasteiger charge is 2.24. The average molecular weight is 269 g/mol. The quantitative estimate of drug-likeness (QED) is 0.566. The molecule has 1 unspecified atom stereocenters. The highest BCUT2D eigenvalue weighted by Crippen LogP contribution is 2.20. The summed E-state index contributed by atoms with van der Waals surface area (Å²) >= 11 is 1.52. The normalized spacial score (nSPS) is 14.1. The lowest BCUT2D eigenvalue weighted by Gasteiger charge is -2.24. The van der Waals surface area contributed by atoms with E-state index in [0.29, 0.717) is 5.16 Å². The number of nitrogens with zero attached hydrogens (tertiary/aromatic N) is 3. The van der Waals surface area contributed by atoms with Crippen LogP contribution >= 0.6 is 11.8 Å². The maximum Gasteiger partial charge on any atom is 0.343 e. The van der Waals surface area contributed by atoms with E-state index in [0.717, 1.165) is 25.0 Å². The molecule has 2 N–H and O–H groups in total. The van der Waals surface area contributed by atoms with E-state index in [9.17, 15) is 4.79 Å². The molecule has 1 aromatic heterocycles. The number of hydrogen-bond donors (Lipinski definition) is 2. The van der Waals surface area contributed by atoms with E-state index < -0.39 is 5.54 Å². The van der Waals surface area contributed by atoms with Gasteiger partial charge in [0.15, 0.2) is 5.16 Å². The van der Waals surface area contributed by atoms with Crippen LogP contribution in [0.15, 0.2) is 9.95 Å². The number of thioether (sulfide) groups is 1. The predicted molar refractivity (Wildman–Crippen MR) is 71.5 cm³/mol. The predicted octanol–water partition coefficient (Wildman–Crippen LogP) is 0.872. The van der Waals surface area contributed by atoms with Crippen LogP contribution in [0.25, 0.3) is 0 Å². The molecule has 0 fully saturated rings. The Labute approximate surface area is 111 Å². The molecule has 0 spiro atoms. The van der Waals surface area contributed by atoms with Gasteiger partial charge in [0.25, 0.3) is 0 Å². The molecule has 1 atom stereocenters. The second-order valence-electron chi connectivity index (χ2n) is 4.12. The van der Waals surface area contributed by atoms with Gasteiger partial charge in [-0.25, -0.2) is 9.89 Å². The maximum atomic E-state index is 11.1. The Bertz CT molecular complexity index is 469. The molecule has 0 aliphatic heterocycles. The molecule has 1 rings (SSSR count). The van der Waals surface area contributed by atoms with Gasteiger partial charge in [-0.05, 0) is 26.3 Å². The number of nitriles is 1. The molecule has 0 saturated heterocycles. The topological polar surface area (TPSA) is 86.5 Å². The first kappa shape index (κ1) is 14.8. The third-order valence-electron chi connectivity index (χ3n) is 3.11. The number of aromatic nitrogens is 3. The monoisotopic (exact) mass is 269 g/mol. The minimum atomic E-state index is -0.433. The number of H-pyrrole nitrogens is 1. The molecule has 0 aliphatic carbocycles. The van der Waals surface area contributed by atoms with Crippen LogP contribution < -0.4 is 11.0 Å². The van der Waals surface area contributed by atoms with Gasteiger partial charge in [-0.15, -0.1) is 5.10 Å². The molecule has 0 aromatic carbocycles. The Balaban J connectivity index is 2.42. The molecule has 7 heteroatoms. The zero-order valence-electron chi connectivity index (χ0n) is 11.0. The second kappa shape index (κ2) is 6.61. The number of aromatic amines is 1. The Morgan fingerprint density at radius 3 is 2.83 bits per heavy atom. The Kier molecular flexibility index (Phi) is 5.44. The Hall–Kier alpha value is -1.26. The highest BCUT2D eigenvalue weighted by atomic mass is 32.2. The van der Waals surface area contributed by atoms with E-state index in [2.05, 4.69) is 21.6 Å². The lowest BCUT2D eigenvalue weighted by molar-refractivity contribution is 0.400. The molecule has 18 heavy (non-hydrogen) atoms. The first-order valence-corrected chi connectivity index (χ1v) is 6.91. The van der Waals surface area contributed by atoms with Crippen molar-refractivity contribution in [3.63, 3.8) is 0 Å². The first-order chi connectivity index (χ1) is 8.58. The van der Waals surface area contributed by atoms with Gasteiger partial charge < -0.3 is 5.32 Å². The molecule has 100 valence electrons. The summed E-state index contributed by atoms with van der Waals surface area (Å²) in [5, 5.41) is 19.2. The van der Waals surface area contributed by atoms with Crippen molar-refractivity contribution in [3.8, 4) is 6.07 Å².